The Bertz CT molecular complexity index is 479. The summed E-state index contributed by atoms with van der Waals surface area (Å²) in [6.07, 6.45) is 0. The fraction of sp³-hybridized carbons (Fsp3) is 0. The monoisotopic (exact) mass is 210 g/mol. The van der Waals surface area contributed by atoms with Crippen LogP contribution in [0.2, 0.25) is 0 Å². The minimum absolute atomic E-state index is 0.0812. The molecule has 0 aliphatic rings. The van der Waals surface area contributed by atoms with Crippen LogP contribution in [0.3, 0.4) is 0 Å². The lowest BCUT2D eigenvalue weighted by Crippen LogP contribution is -2.29. The Morgan fingerprint density at radius 3 is 2.50 bits per heavy atom. The van der Waals surface area contributed by atoms with Gasteiger partial charge in [-0.25, -0.2) is 0 Å². The number of hydrogen-bond acceptors (Lipinski definition) is 5. The van der Waals surface area contributed by atoms with Gasteiger partial charge in [0.05, 0.1) is 0 Å². The van der Waals surface area contributed by atoms with Crippen LogP contribution in [0.5, 0.6) is 10.8 Å². The second kappa shape index (κ2) is 3.16. The molecule has 4 N–H and O–H groups in total. The Balaban J connectivity index is 2.77. The van der Waals surface area contributed by atoms with Crippen molar-refractivity contribution in [1.29, 1.82) is 0 Å². The van der Waals surface area contributed by atoms with E-state index in [4.69, 9.17) is 15.2 Å². The smallest absolute Gasteiger partial charge is 0.493 e. The molecule has 0 saturated carbocycles. The first-order valence-corrected chi connectivity index (χ1v) is 4.72. The first-order chi connectivity index (χ1) is 6.59. The van der Waals surface area contributed by atoms with Crippen molar-refractivity contribution in [2.75, 3.05) is 0 Å². The quantitative estimate of drug-likeness (QED) is 0.499. The van der Waals surface area contributed by atoms with Gasteiger partial charge in [-0.15, -0.1) is 0 Å². The Labute approximate surface area is 83.8 Å². The zero-order chi connectivity index (χ0) is 10.3. The normalized spacial score (nSPS) is 10.7. The molecule has 2 rings (SSSR count). The maximum Gasteiger partial charge on any atom is 0.493 e. The van der Waals surface area contributed by atoms with Gasteiger partial charge in [0.25, 0.3) is 0 Å². The van der Waals surface area contributed by atoms with Crippen molar-refractivity contribution < 1.29 is 20.3 Å². The van der Waals surface area contributed by atoms with Gasteiger partial charge in [0, 0.05) is 10.2 Å². The van der Waals surface area contributed by atoms with Crippen LogP contribution in [-0.2, 0) is 0 Å². The van der Waals surface area contributed by atoms with Crippen molar-refractivity contribution in [3.63, 3.8) is 0 Å². The summed E-state index contributed by atoms with van der Waals surface area (Å²) in [5.74, 6) is 0.0812. The van der Waals surface area contributed by atoms with Crippen molar-refractivity contribution >= 4 is 34.0 Å². The van der Waals surface area contributed by atoms with Crippen LogP contribution in [0, 0.1) is 0 Å². The zero-order valence-electron chi connectivity index (χ0n) is 7.01. The predicted molar refractivity (Wildman–Crippen MR) is 55.0 cm³/mol. The third-order valence-electron chi connectivity index (χ3n) is 1.95. The number of phenolic OH excluding ortho intramolecular Hbond substituents is 1. The summed E-state index contributed by atoms with van der Waals surface area (Å²) in [5.41, 5.74) is 0.0880. The molecule has 0 spiro atoms. The van der Waals surface area contributed by atoms with Crippen LogP contribution in [-0.4, -0.2) is 27.4 Å². The Morgan fingerprint density at radius 1 is 1.14 bits per heavy atom. The lowest BCUT2D eigenvalue weighted by molar-refractivity contribution is 0.422. The van der Waals surface area contributed by atoms with Gasteiger partial charge in [-0.1, -0.05) is 17.4 Å². The zero-order valence-corrected chi connectivity index (χ0v) is 7.82. The van der Waals surface area contributed by atoms with E-state index in [2.05, 4.69) is 0 Å². The molecule has 0 aliphatic heterocycles. The second-order valence-electron chi connectivity index (χ2n) is 2.88. The SMILES string of the molecule is OB(O)c1c(O)sc2cc(O)ccc12. The Morgan fingerprint density at radius 2 is 1.86 bits per heavy atom. The maximum atomic E-state index is 9.41. The highest BCUT2D eigenvalue weighted by molar-refractivity contribution is 7.22. The summed E-state index contributed by atoms with van der Waals surface area (Å²) in [4.78, 5) is 0. The van der Waals surface area contributed by atoms with Gasteiger partial charge in [0.2, 0.25) is 0 Å². The van der Waals surface area contributed by atoms with E-state index < -0.39 is 7.12 Å². The minimum Gasteiger partial charge on any atom is -0.508 e. The molecule has 1 aromatic heterocycles. The van der Waals surface area contributed by atoms with Crippen molar-refractivity contribution in [3.05, 3.63) is 18.2 Å². The molecule has 2 aromatic rings. The molecule has 1 heterocycles. The number of thiophene rings is 1. The van der Waals surface area contributed by atoms with Crippen LogP contribution in [0.4, 0.5) is 0 Å². The van der Waals surface area contributed by atoms with Crippen LogP contribution >= 0.6 is 11.3 Å². The van der Waals surface area contributed by atoms with Crippen molar-refractivity contribution in [2.45, 2.75) is 0 Å². The molecular formula is C8H7BO4S. The van der Waals surface area contributed by atoms with Crippen molar-refractivity contribution in [2.24, 2.45) is 0 Å². The lowest BCUT2D eigenvalue weighted by atomic mass is 9.80. The van der Waals surface area contributed by atoms with Gasteiger partial charge in [-0.05, 0) is 17.5 Å². The number of benzene rings is 1. The summed E-state index contributed by atoms with van der Waals surface area (Å²) in [6.45, 7) is 0. The standard InChI is InChI=1S/C8H7BO4S/c10-4-1-2-5-6(3-4)14-8(11)7(5)9(12)13/h1-3,10-13H. The average molecular weight is 210 g/mol. The van der Waals surface area contributed by atoms with Crippen molar-refractivity contribution in [3.8, 4) is 10.8 Å². The van der Waals surface area contributed by atoms with Gasteiger partial charge >= 0.3 is 7.12 Å². The molecule has 0 fully saturated rings. The number of aromatic hydroxyl groups is 2. The number of phenols is 1. The first kappa shape index (κ1) is 9.33. The molecule has 4 nitrogen and oxygen atoms in total. The lowest BCUT2D eigenvalue weighted by Gasteiger charge is -1.97. The number of hydrogen-bond donors (Lipinski definition) is 4. The topological polar surface area (TPSA) is 80.9 Å². The van der Waals surface area contributed by atoms with Gasteiger partial charge in [0.1, 0.15) is 5.75 Å². The predicted octanol–water partition coefficient (Wildman–Crippen LogP) is -0.00770. The van der Waals surface area contributed by atoms with Crippen LogP contribution in [0.15, 0.2) is 18.2 Å². The minimum atomic E-state index is -1.70. The fourth-order valence-corrected chi connectivity index (χ4v) is 2.34. The van der Waals surface area contributed by atoms with Gasteiger partial charge in [-0.3, -0.25) is 0 Å². The molecule has 1 aromatic carbocycles. The highest BCUT2D eigenvalue weighted by Gasteiger charge is 2.22. The molecule has 0 aliphatic carbocycles. The second-order valence-corrected chi connectivity index (χ2v) is 3.91. The van der Waals surface area contributed by atoms with Gasteiger partial charge < -0.3 is 20.3 Å². The molecule has 0 atom stereocenters. The molecular weight excluding hydrogens is 203 g/mol. The van der Waals surface area contributed by atoms with Gasteiger partial charge in [0.15, 0.2) is 5.06 Å². The number of rotatable bonds is 1. The van der Waals surface area contributed by atoms with E-state index >= 15 is 0 Å². The highest BCUT2D eigenvalue weighted by atomic mass is 32.1. The first-order valence-electron chi connectivity index (χ1n) is 3.90. The Kier molecular flexibility index (Phi) is 2.11. The molecule has 14 heavy (non-hydrogen) atoms. The fourth-order valence-electron chi connectivity index (χ4n) is 1.34. The largest absolute Gasteiger partial charge is 0.508 e. The van der Waals surface area contributed by atoms with Crippen LogP contribution in [0.1, 0.15) is 0 Å². The number of fused-ring (bicyclic) bond motifs is 1. The van der Waals surface area contributed by atoms with E-state index in [-0.39, 0.29) is 16.3 Å². The van der Waals surface area contributed by atoms with Crippen molar-refractivity contribution in [1.82, 2.24) is 0 Å². The van der Waals surface area contributed by atoms with E-state index in [1.165, 1.54) is 18.2 Å². The molecule has 0 bridgehead atoms. The van der Waals surface area contributed by atoms with Crippen LogP contribution in [0.25, 0.3) is 10.1 Å². The maximum absolute atomic E-state index is 9.41. The molecule has 0 saturated heterocycles. The molecule has 0 amide bonds. The summed E-state index contributed by atoms with van der Waals surface area (Å²) >= 11 is 0.997. The summed E-state index contributed by atoms with van der Waals surface area (Å²) in [5, 5.41) is 37.0. The highest BCUT2D eigenvalue weighted by Crippen LogP contribution is 2.30. The van der Waals surface area contributed by atoms with Gasteiger partial charge in [-0.2, -0.15) is 0 Å². The van der Waals surface area contributed by atoms with E-state index in [0.29, 0.717) is 10.1 Å². The molecule has 72 valence electrons. The van der Waals surface area contributed by atoms with E-state index in [1.54, 1.807) is 0 Å². The third-order valence-corrected chi connectivity index (χ3v) is 2.92. The molecule has 6 heteroatoms. The van der Waals surface area contributed by atoms with E-state index in [9.17, 15) is 5.11 Å². The molecule has 0 radical (unpaired) electrons. The summed E-state index contributed by atoms with van der Waals surface area (Å²) in [6, 6.07) is 4.43. The van der Waals surface area contributed by atoms with Crippen LogP contribution < -0.4 is 5.46 Å². The van der Waals surface area contributed by atoms with E-state index in [0.717, 1.165) is 11.3 Å². The average Bonchev–Trinajstić information content (AvgIpc) is 2.39. The molecule has 0 unspecified atom stereocenters. The third kappa shape index (κ3) is 1.33. The summed E-state index contributed by atoms with van der Waals surface area (Å²) in [7, 11) is -1.70. The Hall–Kier alpha value is -1.24. The summed E-state index contributed by atoms with van der Waals surface area (Å²) < 4.78 is 0.616. The van der Waals surface area contributed by atoms with E-state index in [1.807, 2.05) is 0 Å².